The number of hydrogen-bond donors (Lipinski definition) is 1. The minimum Gasteiger partial charge on any atom is -0.349 e. The molecule has 17 heavy (non-hydrogen) atoms. The largest absolute Gasteiger partial charge is 0.349 e. The zero-order valence-electron chi connectivity index (χ0n) is 10.6. The van der Waals surface area contributed by atoms with Crippen LogP contribution in [-0.4, -0.2) is 27.4 Å². The maximum absolute atomic E-state index is 11.7. The van der Waals surface area contributed by atoms with Gasteiger partial charge in [0.05, 0.1) is 11.7 Å². The van der Waals surface area contributed by atoms with Crippen LogP contribution in [0.1, 0.15) is 37.2 Å². The molecule has 0 saturated heterocycles. The first-order valence-corrected chi connectivity index (χ1v) is 6.42. The molecular weight excluding hydrogens is 238 g/mol. The Morgan fingerprint density at radius 2 is 2.18 bits per heavy atom. The topological polar surface area (TPSA) is 46.9 Å². The second kappa shape index (κ2) is 6.64. The summed E-state index contributed by atoms with van der Waals surface area (Å²) in [5.41, 5.74) is 0.431. The van der Waals surface area contributed by atoms with Gasteiger partial charge in [0, 0.05) is 19.8 Å². The van der Waals surface area contributed by atoms with Gasteiger partial charge < -0.3 is 9.88 Å². The number of aryl methyl sites for hydroxylation is 1. The predicted molar refractivity (Wildman–Crippen MR) is 69.3 cm³/mol. The number of nitrogens with one attached hydrogen (secondary N) is 1. The number of halogens is 1. The van der Waals surface area contributed by atoms with Gasteiger partial charge in [0.25, 0.3) is 5.91 Å². The van der Waals surface area contributed by atoms with E-state index in [0.717, 1.165) is 12.8 Å². The Bertz CT molecular complexity index is 360. The molecule has 0 bridgehead atoms. The van der Waals surface area contributed by atoms with Gasteiger partial charge in [-0.2, -0.15) is 0 Å². The molecule has 0 saturated carbocycles. The number of rotatable bonds is 6. The summed E-state index contributed by atoms with van der Waals surface area (Å²) in [5, 5.41) is 2.80. The molecule has 4 nitrogen and oxygen atoms in total. The number of nitrogens with zero attached hydrogens (tertiary/aromatic N) is 2. The molecule has 1 rings (SSSR count). The lowest BCUT2D eigenvalue weighted by atomic mass is 9.99. The number of carbonyl (C=O) groups excluding carboxylic acids is 1. The van der Waals surface area contributed by atoms with Gasteiger partial charge in [0.1, 0.15) is 5.69 Å². The van der Waals surface area contributed by atoms with Crippen LogP contribution in [0.4, 0.5) is 0 Å². The van der Waals surface area contributed by atoms with Crippen molar-refractivity contribution in [2.24, 2.45) is 13.0 Å². The van der Waals surface area contributed by atoms with E-state index in [1.165, 1.54) is 0 Å². The van der Waals surface area contributed by atoms with Gasteiger partial charge >= 0.3 is 0 Å². The van der Waals surface area contributed by atoms with Crippen molar-refractivity contribution in [3.05, 3.63) is 18.2 Å². The highest BCUT2D eigenvalue weighted by Crippen LogP contribution is 2.17. The standard InChI is InChI=1S/C12H20ClN3O/c1-4-9(5-2)10(13)6-14-12(17)11-7-16(3)8-15-11/h7-10H,4-6H2,1-3H3,(H,14,17). The van der Waals surface area contributed by atoms with Crippen molar-refractivity contribution in [2.75, 3.05) is 6.54 Å². The average molecular weight is 258 g/mol. The third-order valence-electron chi connectivity index (χ3n) is 2.96. The molecule has 1 N–H and O–H groups in total. The lowest BCUT2D eigenvalue weighted by Gasteiger charge is -2.19. The first-order valence-electron chi connectivity index (χ1n) is 5.98. The Labute approximate surface area is 107 Å². The van der Waals surface area contributed by atoms with Crippen LogP contribution in [0.3, 0.4) is 0 Å². The molecular formula is C12H20ClN3O. The van der Waals surface area contributed by atoms with Crippen molar-refractivity contribution in [1.82, 2.24) is 14.9 Å². The molecule has 1 unspecified atom stereocenters. The lowest BCUT2D eigenvalue weighted by molar-refractivity contribution is 0.0947. The quantitative estimate of drug-likeness (QED) is 0.794. The minimum absolute atomic E-state index is 0.0161. The number of carbonyl (C=O) groups is 1. The molecule has 0 aliphatic heterocycles. The maximum Gasteiger partial charge on any atom is 0.271 e. The molecule has 0 aliphatic rings. The molecule has 0 aromatic carbocycles. The number of imidazole rings is 1. The van der Waals surface area contributed by atoms with Crippen molar-refractivity contribution in [3.63, 3.8) is 0 Å². The van der Waals surface area contributed by atoms with E-state index in [2.05, 4.69) is 24.1 Å². The van der Waals surface area contributed by atoms with Gasteiger partial charge in [-0.3, -0.25) is 4.79 Å². The molecule has 0 radical (unpaired) electrons. The van der Waals surface area contributed by atoms with Crippen molar-refractivity contribution in [2.45, 2.75) is 32.1 Å². The number of alkyl halides is 1. The fourth-order valence-electron chi connectivity index (χ4n) is 1.78. The van der Waals surface area contributed by atoms with Crippen LogP contribution < -0.4 is 5.32 Å². The van der Waals surface area contributed by atoms with Crippen molar-refractivity contribution < 1.29 is 4.79 Å². The Balaban J connectivity index is 2.43. The van der Waals surface area contributed by atoms with E-state index in [1.807, 2.05) is 7.05 Å². The van der Waals surface area contributed by atoms with E-state index >= 15 is 0 Å². The van der Waals surface area contributed by atoms with Crippen LogP contribution in [0.15, 0.2) is 12.5 Å². The summed E-state index contributed by atoms with van der Waals surface area (Å²) >= 11 is 6.24. The molecule has 1 amide bonds. The van der Waals surface area contributed by atoms with Crippen LogP contribution in [0, 0.1) is 5.92 Å². The fraction of sp³-hybridized carbons (Fsp3) is 0.667. The van der Waals surface area contributed by atoms with Crippen LogP contribution in [0.25, 0.3) is 0 Å². The molecule has 1 aromatic heterocycles. The van der Waals surface area contributed by atoms with E-state index in [9.17, 15) is 4.79 Å². The highest BCUT2D eigenvalue weighted by atomic mass is 35.5. The summed E-state index contributed by atoms with van der Waals surface area (Å²) in [5.74, 6) is 0.280. The number of amides is 1. The van der Waals surface area contributed by atoms with Crippen LogP contribution in [-0.2, 0) is 7.05 Å². The maximum atomic E-state index is 11.7. The number of aromatic nitrogens is 2. The van der Waals surface area contributed by atoms with E-state index in [-0.39, 0.29) is 11.3 Å². The van der Waals surface area contributed by atoms with Crippen LogP contribution in [0.2, 0.25) is 0 Å². The third-order valence-corrected chi connectivity index (χ3v) is 3.47. The fourth-order valence-corrected chi connectivity index (χ4v) is 2.21. The highest BCUT2D eigenvalue weighted by Gasteiger charge is 2.17. The number of hydrogen-bond acceptors (Lipinski definition) is 2. The minimum atomic E-state index is -0.165. The monoisotopic (exact) mass is 257 g/mol. The zero-order valence-corrected chi connectivity index (χ0v) is 11.4. The summed E-state index contributed by atoms with van der Waals surface area (Å²) in [6.07, 6.45) is 5.36. The molecule has 0 aliphatic carbocycles. The first kappa shape index (κ1) is 14.0. The van der Waals surface area contributed by atoms with E-state index in [4.69, 9.17) is 11.6 Å². The summed E-state index contributed by atoms with van der Waals surface area (Å²) in [6, 6.07) is 0. The molecule has 96 valence electrons. The summed E-state index contributed by atoms with van der Waals surface area (Å²) in [7, 11) is 1.83. The predicted octanol–water partition coefficient (Wildman–Crippen LogP) is 2.19. The third kappa shape index (κ3) is 4.04. The Morgan fingerprint density at radius 3 is 2.65 bits per heavy atom. The molecule has 0 fully saturated rings. The normalized spacial score (nSPS) is 12.8. The SMILES string of the molecule is CCC(CC)C(Cl)CNC(=O)c1cn(C)cn1. The molecule has 1 aromatic rings. The smallest absolute Gasteiger partial charge is 0.271 e. The molecule has 1 heterocycles. The molecule has 0 spiro atoms. The van der Waals surface area contributed by atoms with Gasteiger partial charge in [0.15, 0.2) is 0 Å². The van der Waals surface area contributed by atoms with Gasteiger partial charge in [-0.1, -0.05) is 26.7 Å². The van der Waals surface area contributed by atoms with Gasteiger partial charge in [-0.25, -0.2) is 4.98 Å². The van der Waals surface area contributed by atoms with Crippen LogP contribution in [0.5, 0.6) is 0 Å². The summed E-state index contributed by atoms with van der Waals surface area (Å²) in [6.45, 7) is 4.72. The second-order valence-corrected chi connectivity index (χ2v) is 4.79. The average Bonchev–Trinajstić information content (AvgIpc) is 2.74. The van der Waals surface area contributed by atoms with Gasteiger partial charge in [-0.05, 0) is 5.92 Å². The zero-order chi connectivity index (χ0) is 12.8. The lowest BCUT2D eigenvalue weighted by Crippen LogP contribution is -2.33. The van der Waals surface area contributed by atoms with Crippen molar-refractivity contribution >= 4 is 17.5 Å². The van der Waals surface area contributed by atoms with E-state index in [0.29, 0.717) is 18.2 Å². The molecule has 5 heteroatoms. The van der Waals surface area contributed by atoms with E-state index in [1.54, 1.807) is 17.1 Å². The van der Waals surface area contributed by atoms with Crippen molar-refractivity contribution in [1.29, 1.82) is 0 Å². The van der Waals surface area contributed by atoms with Gasteiger partial charge in [0.2, 0.25) is 0 Å². The Kier molecular flexibility index (Phi) is 5.48. The molecule has 1 atom stereocenters. The summed E-state index contributed by atoms with van der Waals surface area (Å²) in [4.78, 5) is 15.7. The Morgan fingerprint density at radius 1 is 1.53 bits per heavy atom. The second-order valence-electron chi connectivity index (χ2n) is 4.23. The highest BCUT2D eigenvalue weighted by molar-refractivity contribution is 6.21. The summed E-state index contributed by atoms with van der Waals surface area (Å²) < 4.78 is 1.74. The van der Waals surface area contributed by atoms with Crippen LogP contribution >= 0.6 is 11.6 Å². The Hall–Kier alpha value is -1.03. The van der Waals surface area contributed by atoms with Crippen molar-refractivity contribution in [3.8, 4) is 0 Å². The van der Waals surface area contributed by atoms with E-state index < -0.39 is 0 Å². The van der Waals surface area contributed by atoms with Gasteiger partial charge in [-0.15, -0.1) is 11.6 Å². The first-order chi connectivity index (χ1) is 8.08.